The molecule has 1 saturated heterocycles. The Balaban J connectivity index is 1.21. The quantitative estimate of drug-likeness (QED) is 0.219. The number of halogens is 1. The molecule has 1 aliphatic heterocycles. The van der Waals surface area contributed by atoms with E-state index in [1.54, 1.807) is 0 Å². The minimum absolute atomic E-state index is 0.0129. The number of benzene rings is 3. The van der Waals surface area contributed by atoms with E-state index in [2.05, 4.69) is 28.3 Å². The number of methoxy groups -OCH3 is 1. The molecule has 3 aromatic carbocycles. The summed E-state index contributed by atoms with van der Waals surface area (Å²) >= 11 is 7.13. The largest absolute Gasteiger partial charge is 0.470 e. The number of ether oxygens (including phenoxy) is 2. The van der Waals surface area contributed by atoms with Crippen LogP contribution in [0.4, 0.5) is 0 Å². The highest BCUT2D eigenvalue weighted by Gasteiger charge is 2.68. The molecule has 1 saturated carbocycles. The number of rotatable bonds is 7. The number of hydrogen-bond acceptors (Lipinski definition) is 9. The SMILES string of the molecule is COC12C(=O)c3c(OCc4ccccc4)noc3C(N(C)C)C1CC1Cc3c(c(C)c4cc(CN5CCC5)ccc4c3Cl)C(=O)C1C2=O. The first-order valence-corrected chi connectivity index (χ1v) is 17.0. The second-order valence-corrected chi connectivity index (χ2v) is 14.4. The number of carbonyl (C=O) groups is 3. The van der Waals surface area contributed by atoms with E-state index in [0.29, 0.717) is 29.2 Å². The predicted molar refractivity (Wildman–Crippen MR) is 179 cm³/mol. The first-order chi connectivity index (χ1) is 23.1. The average molecular weight is 668 g/mol. The zero-order valence-electron chi connectivity index (χ0n) is 27.5. The Bertz CT molecular complexity index is 1990. The highest BCUT2D eigenvalue weighted by Crippen LogP contribution is 2.57. The van der Waals surface area contributed by atoms with Gasteiger partial charge < -0.3 is 14.0 Å². The van der Waals surface area contributed by atoms with Crippen LogP contribution in [0.15, 0.2) is 53.1 Å². The van der Waals surface area contributed by atoms with Crippen molar-refractivity contribution in [3.8, 4) is 5.88 Å². The van der Waals surface area contributed by atoms with Gasteiger partial charge in [-0.25, -0.2) is 0 Å². The maximum absolute atomic E-state index is 14.9. The van der Waals surface area contributed by atoms with E-state index in [1.807, 2.05) is 56.3 Å². The van der Waals surface area contributed by atoms with Gasteiger partial charge in [0.25, 0.3) is 5.88 Å². The smallest absolute Gasteiger partial charge is 0.265 e. The molecule has 2 fully saturated rings. The second kappa shape index (κ2) is 11.6. The number of ketones is 3. The van der Waals surface area contributed by atoms with Crippen LogP contribution < -0.4 is 4.74 Å². The monoisotopic (exact) mass is 667 g/mol. The molecule has 5 atom stereocenters. The molecule has 0 amide bonds. The average Bonchev–Trinajstić information content (AvgIpc) is 3.48. The van der Waals surface area contributed by atoms with Crippen LogP contribution in [0.2, 0.25) is 5.02 Å². The van der Waals surface area contributed by atoms with Crippen LogP contribution in [-0.4, -0.2) is 72.2 Å². The lowest BCUT2D eigenvalue weighted by molar-refractivity contribution is -0.159. The van der Waals surface area contributed by atoms with Crippen molar-refractivity contribution in [3.63, 3.8) is 0 Å². The molecule has 0 radical (unpaired) electrons. The molecule has 3 aliphatic carbocycles. The van der Waals surface area contributed by atoms with E-state index in [4.69, 9.17) is 25.6 Å². The number of carbonyl (C=O) groups excluding carboxylic acids is 3. The molecule has 8 rings (SSSR count). The van der Waals surface area contributed by atoms with Crippen molar-refractivity contribution in [1.29, 1.82) is 0 Å². The summed E-state index contributed by atoms with van der Waals surface area (Å²) in [5.41, 5.74) is 2.33. The lowest BCUT2D eigenvalue weighted by Gasteiger charge is -2.52. The number of aryl methyl sites for hydroxylation is 1. The molecule has 4 aromatic rings. The van der Waals surface area contributed by atoms with Crippen LogP contribution in [0.5, 0.6) is 5.88 Å². The number of likely N-dealkylation sites (tertiary alicyclic amines) is 1. The standard InChI is InChI=1S/C38H38ClN3O6/c1-20-25-15-22(18-42-13-8-14-42)11-12-24(25)31(39)26-16-23-17-27-32(41(2)3)34-30(37(40-48-34)47-19-21-9-6-5-7-10-21)36(45)38(27,46-4)35(44)29(23)33(43)28(20)26/h5-7,9-12,15,23,27,29,32H,8,13-14,16-19H2,1-4H3. The summed E-state index contributed by atoms with van der Waals surface area (Å²) < 4.78 is 17.9. The van der Waals surface area contributed by atoms with Crippen molar-refractivity contribution >= 4 is 39.7 Å². The van der Waals surface area contributed by atoms with E-state index in [1.165, 1.54) is 13.5 Å². The van der Waals surface area contributed by atoms with Crippen LogP contribution in [0.3, 0.4) is 0 Å². The Hall–Kier alpha value is -3.89. The third kappa shape index (κ3) is 4.47. The predicted octanol–water partition coefficient (Wildman–Crippen LogP) is 6.02. The maximum atomic E-state index is 14.9. The van der Waals surface area contributed by atoms with Gasteiger partial charge in [-0.05, 0) is 98.2 Å². The molecule has 4 aliphatic rings. The summed E-state index contributed by atoms with van der Waals surface area (Å²) in [5.74, 6) is -3.06. The molecule has 0 spiro atoms. The molecule has 48 heavy (non-hydrogen) atoms. The molecule has 1 aromatic heterocycles. The molecule has 248 valence electrons. The van der Waals surface area contributed by atoms with Gasteiger partial charge in [0.2, 0.25) is 5.78 Å². The Morgan fingerprint density at radius 3 is 2.50 bits per heavy atom. The van der Waals surface area contributed by atoms with Crippen molar-refractivity contribution in [2.75, 3.05) is 34.3 Å². The van der Waals surface area contributed by atoms with Gasteiger partial charge >= 0.3 is 0 Å². The highest BCUT2D eigenvalue weighted by atomic mass is 35.5. The van der Waals surface area contributed by atoms with E-state index < -0.39 is 35.0 Å². The van der Waals surface area contributed by atoms with Gasteiger partial charge in [-0.15, -0.1) is 0 Å². The zero-order chi connectivity index (χ0) is 33.5. The van der Waals surface area contributed by atoms with Crippen LogP contribution in [0.1, 0.15) is 67.6 Å². The third-order valence-corrected chi connectivity index (χ3v) is 11.6. The van der Waals surface area contributed by atoms with Crippen molar-refractivity contribution in [2.45, 2.75) is 51.0 Å². The summed E-state index contributed by atoms with van der Waals surface area (Å²) in [4.78, 5) is 48.6. The van der Waals surface area contributed by atoms with E-state index in [-0.39, 0.29) is 29.8 Å². The van der Waals surface area contributed by atoms with Gasteiger partial charge in [0.1, 0.15) is 12.2 Å². The van der Waals surface area contributed by atoms with E-state index in [0.717, 1.165) is 52.7 Å². The van der Waals surface area contributed by atoms with Crippen LogP contribution >= 0.6 is 11.6 Å². The highest BCUT2D eigenvalue weighted by molar-refractivity contribution is 6.38. The lowest BCUT2D eigenvalue weighted by atomic mass is 9.53. The number of hydrogen-bond donors (Lipinski definition) is 0. The number of aromatic nitrogens is 1. The van der Waals surface area contributed by atoms with Crippen molar-refractivity contribution < 1.29 is 28.4 Å². The number of nitrogens with zero attached hydrogens (tertiary/aromatic N) is 3. The molecule has 0 N–H and O–H groups in total. The number of fused-ring (bicyclic) bond motifs is 5. The molecule has 9 nitrogen and oxygen atoms in total. The van der Waals surface area contributed by atoms with Crippen molar-refractivity contribution in [1.82, 2.24) is 15.0 Å². The second-order valence-electron chi connectivity index (χ2n) is 14.0. The van der Waals surface area contributed by atoms with Gasteiger partial charge in [-0.2, -0.15) is 0 Å². The Morgan fingerprint density at radius 1 is 1.04 bits per heavy atom. The summed E-state index contributed by atoms with van der Waals surface area (Å²) in [6, 6.07) is 15.3. The molecular formula is C38H38ClN3O6. The first kappa shape index (κ1) is 31.4. The Kier molecular flexibility index (Phi) is 7.60. The lowest BCUT2D eigenvalue weighted by Crippen LogP contribution is -2.67. The van der Waals surface area contributed by atoms with Gasteiger partial charge in [0.05, 0.1) is 17.0 Å². The third-order valence-electron chi connectivity index (χ3n) is 11.2. The normalized spacial score (nSPS) is 26.6. The summed E-state index contributed by atoms with van der Waals surface area (Å²) in [7, 11) is 5.13. The molecule has 2 heterocycles. The molecule has 0 bridgehead atoms. The Labute approximate surface area is 284 Å². The molecule has 5 unspecified atom stereocenters. The Morgan fingerprint density at radius 2 is 1.81 bits per heavy atom. The van der Waals surface area contributed by atoms with Crippen LogP contribution in [0.25, 0.3) is 10.8 Å². The minimum Gasteiger partial charge on any atom is -0.470 e. The fraction of sp³-hybridized carbons (Fsp3) is 0.421. The first-order valence-electron chi connectivity index (χ1n) is 16.6. The fourth-order valence-corrected chi connectivity index (χ4v) is 9.15. The van der Waals surface area contributed by atoms with Crippen LogP contribution in [0, 0.1) is 24.7 Å². The zero-order valence-corrected chi connectivity index (χ0v) is 28.3. The van der Waals surface area contributed by atoms with Gasteiger partial charge in [-0.3, -0.25) is 24.2 Å². The summed E-state index contributed by atoms with van der Waals surface area (Å²) in [5, 5.41) is 6.56. The van der Waals surface area contributed by atoms with Gasteiger partial charge in [0, 0.05) is 30.5 Å². The van der Waals surface area contributed by atoms with Gasteiger partial charge in [-0.1, -0.05) is 54.1 Å². The topological polar surface area (TPSA) is 102 Å². The summed E-state index contributed by atoms with van der Waals surface area (Å²) in [6.07, 6.45) is 2.04. The van der Waals surface area contributed by atoms with E-state index >= 15 is 0 Å². The minimum atomic E-state index is -1.91. The molecule has 10 heteroatoms. The van der Waals surface area contributed by atoms with E-state index in [9.17, 15) is 14.4 Å². The molecular weight excluding hydrogens is 630 g/mol. The number of Topliss-reactive ketones (excluding diaryl/α,β-unsaturated/α-hetero) is 3. The van der Waals surface area contributed by atoms with Crippen molar-refractivity contribution in [3.05, 3.63) is 92.7 Å². The van der Waals surface area contributed by atoms with Crippen LogP contribution in [-0.2, 0) is 29.1 Å². The maximum Gasteiger partial charge on any atom is 0.265 e. The van der Waals surface area contributed by atoms with Crippen molar-refractivity contribution in [2.24, 2.45) is 17.8 Å². The fourth-order valence-electron chi connectivity index (χ4n) is 8.82. The van der Waals surface area contributed by atoms with Gasteiger partial charge in [0.15, 0.2) is 22.9 Å². The summed E-state index contributed by atoms with van der Waals surface area (Å²) in [6.45, 7) is 5.11.